The van der Waals surface area contributed by atoms with Gasteiger partial charge in [-0.3, -0.25) is 9.59 Å². The standard InChI is InChI=1S/C20H20ClN3O4S2/c1-2-28-19(27)10-3-6-12(7-4-10)22-18(26)15-16-23-17(25)13-8-5-11(21)9-14(13)24(16)20(29)30-15/h3-4,6-7,11,13-14H,2,5,8-9H2,1H3,(H,22,26)(H,23,25). The van der Waals surface area contributed by atoms with Gasteiger partial charge in [0.2, 0.25) is 5.91 Å². The van der Waals surface area contributed by atoms with E-state index in [1.54, 1.807) is 31.2 Å². The lowest BCUT2D eigenvalue weighted by molar-refractivity contribution is -0.123. The lowest BCUT2D eigenvalue weighted by atomic mass is 9.82. The van der Waals surface area contributed by atoms with E-state index >= 15 is 0 Å². The highest BCUT2D eigenvalue weighted by molar-refractivity contribution is 7.73. The third-order valence-electron chi connectivity index (χ3n) is 5.36. The first kappa shape index (κ1) is 21.0. The Balaban J connectivity index is 1.58. The zero-order valence-electron chi connectivity index (χ0n) is 16.1. The van der Waals surface area contributed by atoms with Crippen molar-refractivity contribution in [2.75, 3.05) is 17.2 Å². The highest BCUT2D eigenvalue weighted by Gasteiger charge is 2.42. The molecule has 2 aromatic rings. The molecule has 1 saturated carbocycles. The van der Waals surface area contributed by atoms with E-state index in [0.29, 0.717) is 45.3 Å². The Morgan fingerprint density at radius 3 is 2.77 bits per heavy atom. The Morgan fingerprint density at radius 2 is 2.07 bits per heavy atom. The number of fused-ring (bicyclic) bond motifs is 3. The SMILES string of the molecule is CCOC(=O)c1ccc(NC(=O)c2sc(=S)n3c2NC(=O)C2CCC(Cl)CC23)cc1. The maximum absolute atomic E-state index is 12.9. The van der Waals surface area contributed by atoms with Crippen LogP contribution in [0.3, 0.4) is 0 Å². The van der Waals surface area contributed by atoms with Gasteiger partial charge in [0.15, 0.2) is 3.95 Å². The molecule has 2 heterocycles. The Labute approximate surface area is 187 Å². The number of hydrogen-bond donors (Lipinski definition) is 2. The van der Waals surface area contributed by atoms with Crippen molar-refractivity contribution in [3.63, 3.8) is 0 Å². The number of halogens is 1. The fraction of sp³-hybridized carbons (Fsp3) is 0.400. The molecular formula is C20H20ClN3O4S2. The molecule has 1 aliphatic carbocycles. The molecule has 1 aliphatic heterocycles. The minimum Gasteiger partial charge on any atom is -0.462 e. The van der Waals surface area contributed by atoms with Crippen LogP contribution in [0.25, 0.3) is 0 Å². The summed E-state index contributed by atoms with van der Waals surface area (Å²) in [6.07, 6.45) is 2.14. The van der Waals surface area contributed by atoms with Gasteiger partial charge in [0.05, 0.1) is 24.1 Å². The van der Waals surface area contributed by atoms with Crippen molar-refractivity contribution in [1.29, 1.82) is 0 Å². The fourth-order valence-electron chi connectivity index (χ4n) is 3.95. The van der Waals surface area contributed by atoms with Crippen molar-refractivity contribution >= 4 is 64.4 Å². The summed E-state index contributed by atoms with van der Waals surface area (Å²) in [5.41, 5.74) is 0.919. The number of alkyl halides is 1. The number of hydrogen-bond acceptors (Lipinski definition) is 6. The molecule has 0 spiro atoms. The van der Waals surface area contributed by atoms with Gasteiger partial charge >= 0.3 is 5.97 Å². The monoisotopic (exact) mass is 465 g/mol. The molecule has 2 aliphatic rings. The van der Waals surface area contributed by atoms with Crippen molar-refractivity contribution < 1.29 is 19.1 Å². The number of amides is 2. The number of nitrogens with one attached hydrogen (secondary N) is 2. The normalized spacial score (nSPS) is 22.5. The minimum absolute atomic E-state index is 0.0120. The predicted octanol–water partition coefficient (Wildman–Crippen LogP) is 4.61. The molecule has 4 rings (SSSR count). The molecule has 3 unspecified atom stereocenters. The molecule has 2 amide bonds. The summed E-state index contributed by atoms with van der Waals surface area (Å²) in [6.45, 7) is 2.03. The zero-order chi connectivity index (χ0) is 21.4. The first-order valence-corrected chi connectivity index (χ1v) is 11.3. The maximum atomic E-state index is 12.9. The summed E-state index contributed by atoms with van der Waals surface area (Å²) in [6, 6.07) is 6.29. The van der Waals surface area contributed by atoms with Gasteiger partial charge in [0, 0.05) is 11.1 Å². The molecule has 2 N–H and O–H groups in total. The maximum Gasteiger partial charge on any atom is 0.338 e. The van der Waals surface area contributed by atoms with E-state index in [1.807, 2.05) is 4.57 Å². The summed E-state index contributed by atoms with van der Waals surface area (Å²) >= 11 is 13.0. The van der Waals surface area contributed by atoms with Gasteiger partial charge in [0.25, 0.3) is 5.91 Å². The molecule has 3 atom stereocenters. The quantitative estimate of drug-likeness (QED) is 0.391. The molecule has 7 nitrogen and oxygen atoms in total. The molecule has 1 aromatic heterocycles. The summed E-state index contributed by atoms with van der Waals surface area (Å²) < 4.78 is 7.37. The Bertz CT molecular complexity index is 1060. The van der Waals surface area contributed by atoms with Crippen LogP contribution in [0.1, 0.15) is 52.3 Å². The van der Waals surface area contributed by atoms with Gasteiger partial charge in [0.1, 0.15) is 10.7 Å². The van der Waals surface area contributed by atoms with Crippen molar-refractivity contribution in [2.24, 2.45) is 5.92 Å². The zero-order valence-corrected chi connectivity index (χ0v) is 18.5. The van der Waals surface area contributed by atoms with Crippen LogP contribution in [0.15, 0.2) is 24.3 Å². The highest BCUT2D eigenvalue weighted by Crippen LogP contribution is 2.44. The Hall–Kier alpha value is -2.23. The van der Waals surface area contributed by atoms with Crippen LogP contribution in [0.4, 0.5) is 11.5 Å². The summed E-state index contributed by atoms with van der Waals surface area (Å²) in [4.78, 5) is 37.7. The molecule has 158 valence electrons. The van der Waals surface area contributed by atoms with Gasteiger partial charge in [-0.1, -0.05) is 11.3 Å². The van der Waals surface area contributed by atoms with Crippen molar-refractivity contribution in [3.8, 4) is 0 Å². The largest absolute Gasteiger partial charge is 0.462 e. The van der Waals surface area contributed by atoms with Crippen LogP contribution in [-0.4, -0.2) is 34.3 Å². The van der Waals surface area contributed by atoms with E-state index in [-0.39, 0.29) is 29.2 Å². The second kappa shape index (κ2) is 8.49. The van der Waals surface area contributed by atoms with Crippen LogP contribution in [0, 0.1) is 9.87 Å². The van der Waals surface area contributed by atoms with Crippen LogP contribution < -0.4 is 10.6 Å². The van der Waals surface area contributed by atoms with Crippen molar-refractivity contribution in [3.05, 3.63) is 38.7 Å². The van der Waals surface area contributed by atoms with Gasteiger partial charge in [-0.05, 0) is 62.7 Å². The molecule has 0 bridgehead atoms. The van der Waals surface area contributed by atoms with Crippen molar-refractivity contribution in [2.45, 2.75) is 37.6 Å². The Kier molecular flexibility index (Phi) is 5.95. The number of benzene rings is 1. The summed E-state index contributed by atoms with van der Waals surface area (Å²) in [5, 5.41) is 5.66. The van der Waals surface area contributed by atoms with E-state index in [9.17, 15) is 14.4 Å². The number of anilines is 2. The molecule has 0 radical (unpaired) electrons. The minimum atomic E-state index is -0.419. The van der Waals surface area contributed by atoms with Crippen LogP contribution in [0.5, 0.6) is 0 Å². The van der Waals surface area contributed by atoms with Gasteiger partial charge in [-0.25, -0.2) is 4.79 Å². The first-order valence-electron chi connectivity index (χ1n) is 9.67. The molecular weight excluding hydrogens is 446 g/mol. The second-order valence-electron chi connectivity index (χ2n) is 7.24. The van der Waals surface area contributed by atoms with Crippen LogP contribution in [0.2, 0.25) is 0 Å². The molecule has 10 heteroatoms. The number of carbonyl (C=O) groups is 3. The second-order valence-corrected chi connectivity index (χ2v) is 9.50. The van der Waals surface area contributed by atoms with E-state index in [1.165, 1.54) is 0 Å². The van der Waals surface area contributed by atoms with Gasteiger partial charge in [-0.15, -0.1) is 11.6 Å². The number of thiazole rings is 1. The van der Waals surface area contributed by atoms with E-state index in [0.717, 1.165) is 17.8 Å². The Morgan fingerprint density at radius 1 is 1.33 bits per heavy atom. The molecule has 1 fully saturated rings. The highest BCUT2D eigenvalue weighted by atomic mass is 35.5. The number of nitrogens with zero attached hydrogens (tertiary/aromatic N) is 1. The lowest BCUT2D eigenvalue weighted by Gasteiger charge is -2.38. The van der Waals surface area contributed by atoms with Crippen LogP contribution >= 0.6 is 35.2 Å². The molecule has 30 heavy (non-hydrogen) atoms. The number of esters is 1. The van der Waals surface area contributed by atoms with Crippen molar-refractivity contribution in [1.82, 2.24) is 4.57 Å². The number of aromatic nitrogens is 1. The third-order valence-corrected chi connectivity index (χ3v) is 7.16. The van der Waals surface area contributed by atoms with Gasteiger partial charge < -0.3 is 19.9 Å². The molecule has 1 aromatic carbocycles. The number of carbonyl (C=O) groups excluding carboxylic acids is 3. The predicted molar refractivity (Wildman–Crippen MR) is 118 cm³/mol. The number of rotatable bonds is 4. The van der Waals surface area contributed by atoms with Crippen LogP contribution in [-0.2, 0) is 9.53 Å². The number of ether oxygens (including phenoxy) is 1. The third kappa shape index (κ3) is 3.89. The fourth-order valence-corrected chi connectivity index (χ4v) is 5.62. The molecule has 0 saturated heterocycles. The topological polar surface area (TPSA) is 89.4 Å². The average molecular weight is 466 g/mol. The van der Waals surface area contributed by atoms with E-state index in [4.69, 9.17) is 28.6 Å². The van der Waals surface area contributed by atoms with E-state index < -0.39 is 5.97 Å². The average Bonchev–Trinajstić information content (AvgIpc) is 3.05. The summed E-state index contributed by atoms with van der Waals surface area (Å²) in [7, 11) is 0. The summed E-state index contributed by atoms with van der Waals surface area (Å²) in [5.74, 6) is -0.634. The van der Waals surface area contributed by atoms with Gasteiger partial charge in [-0.2, -0.15) is 0 Å². The lowest BCUT2D eigenvalue weighted by Crippen LogP contribution is -2.41. The van der Waals surface area contributed by atoms with E-state index in [2.05, 4.69) is 10.6 Å². The first-order chi connectivity index (χ1) is 14.4. The smallest absolute Gasteiger partial charge is 0.338 e.